The minimum atomic E-state index is -0.691. The first-order chi connectivity index (χ1) is 9.52. The van der Waals surface area contributed by atoms with E-state index in [0.29, 0.717) is 12.5 Å². The molecule has 0 bridgehead atoms. The number of nitrogens with zero attached hydrogens (tertiary/aromatic N) is 1. The first kappa shape index (κ1) is 16.1. The molecule has 0 aromatic rings. The molecule has 0 spiro atoms. The Morgan fingerprint density at radius 3 is 2.60 bits per heavy atom. The van der Waals surface area contributed by atoms with Gasteiger partial charge in [0.15, 0.2) is 0 Å². The van der Waals surface area contributed by atoms with E-state index in [1.165, 1.54) is 19.3 Å². The lowest BCUT2D eigenvalue weighted by Gasteiger charge is -2.36. The zero-order valence-electron chi connectivity index (χ0n) is 12.7. The van der Waals surface area contributed by atoms with Gasteiger partial charge in [-0.05, 0) is 44.0 Å². The van der Waals surface area contributed by atoms with Crippen molar-refractivity contribution in [3.63, 3.8) is 0 Å². The lowest BCUT2D eigenvalue weighted by atomic mass is 9.97. The first-order valence-electron chi connectivity index (χ1n) is 7.84. The van der Waals surface area contributed by atoms with Gasteiger partial charge in [-0.3, -0.25) is 9.69 Å². The van der Waals surface area contributed by atoms with E-state index in [4.69, 9.17) is 0 Å². The van der Waals surface area contributed by atoms with E-state index in [1.807, 2.05) is 0 Å². The fraction of sp³-hybridized carbons (Fsp3) is 0.933. The van der Waals surface area contributed by atoms with Gasteiger partial charge in [0.25, 0.3) is 0 Å². The van der Waals surface area contributed by atoms with E-state index >= 15 is 0 Å². The molecule has 2 aliphatic heterocycles. The number of hydrogen-bond donors (Lipinski definition) is 2. The molecule has 2 N–H and O–H groups in total. The van der Waals surface area contributed by atoms with Gasteiger partial charge in [-0.1, -0.05) is 20.3 Å². The molecule has 2 saturated heterocycles. The molecule has 2 rings (SSSR count). The number of amides is 1. The fourth-order valence-corrected chi connectivity index (χ4v) is 4.47. The summed E-state index contributed by atoms with van der Waals surface area (Å²) >= 11 is 1.76. The van der Waals surface area contributed by atoms with Crippen LogP contribution in [0.15, 0.2) is 0 Å². The number of carbonyl (C=O) groups excluding carboxylic acids is 1. The summed E-state index contributed by atoms with van der Waals surface area (Å²) < 4.78 is 0. The predicted molar refractivity (Wildman–Crippen MR) is 84.0 cm³/mol. The summed E-state index contributed by atoms with van der Waals surface area (Å²) in [5.41, 5.74) is -0.691. The van der Waals surface area contributed by atoms with Gasteiger partial charge in [-0.25, -0.2) is 0 Å². The van der Waals surface area contributed by atoms with Gasteiger partial charge in [0.2, 0.25) is 5.91 Å². The maximum absolute atomic E-state index is 12.5. The van der Waals surface area contributed by atoms with Crippen molar-refractivity contribution in [3.05, 3.63) is 0 Å². The van der Waals surface area contributed by atoms with E-state index in [0.717, 1.165) is 31.0 Å². The lowest BCUT2D eigenvalue weighted by molar-refractivity contribution is -0.129. The summed E-state index contributed by atoms with van der Waals surface area (Å²) in [6.07, 6.45) is 4.45. The number of hydrogen-bond acceptors (Lipinski definition) is 4. The van der Waals surface area contributed by atoms with Gasteiger partial charge in [0.1, 0.15) is 0 Å². The van der Waals surface area contributed by atoms with E-state index < -0.39 is 5.60 Å². The average molecular weight is 300 g/mol. The van der Waals surface area contributed by atoms with Gasteiger partial charge in [-0.15, -0.1) is 0 Å². The number of aliphatic hydroxyl groups is 1. The Hall–Kier alpha value is -0.260. The van der Waals surface area contributed by atoms with Crippen LogP contribution in [0.4, 0.5) is 0 Å². The second-order valence-electron chi connectivity index (χ2n) is 6.53. The predicted octanol–water partition coefficient (Wildman–Crippen LogP) is 1.48. The summed E-state index contributed by atoms with van der Waals surface area (Å²) in [6, 6.07) is -0.0482. The Bertz CT molecular complexity index is 324. The standard InChI is InChI=1S/C15H28N2O2S/c1-12(2)13(17-7-4-3-5-8-17)14(18)16-10-15(19)6-9-20-11-15/h12-13,19H,3-11H2,1-2H3,(H,16,18)/t13-,15+/m0/s1. The zero-order chi connectivity index (χ0) is 14.6. The number of nitrogens with one attached hydrogen (secondary N) is 1. The molecule has 0 aromatic carbocycles. The van der Waals surface area contributed by atoms with Crippen molar-refractivity contribution >= 4 is 17.7 Å². The molecule has 1 amide bonds. The van der Waals surface area contributed by atoms with Crippen LogP contribution in [0, 0.1) is 5.92 Å². The van der Waals surface area contributed by atoms with Crippen molar-refractivity contribution in [2.24, 2.45) is 5.92 Å². The molecule has 0 aromatic heterocycles. The Morgan fingerprint density at radius 2 is 2.05 bits per heavy atom. The van der Waals surface area contributed by atoms with Crippen LogP contribution >= 0.6 is 11.8 Å². The van der Waals surface area contributed by atoms with Crippen molar-refractivity contribution < 1.29 is 9.90 Å². The van der Waals surface area contributed by atoms with Gasteiger partial charge in [0, 0.05) is 12.3 Å². The van der Waals surface area contributed by atoms with Crippen molar-refractivity contribution in [2.45, 2.75) is 51.2 Å². The molecule has 2 atom stereocenters. The molecule has 0 aliphatic carbocycles. The summed E-state index contributed by atoms with van der Waals surface area (Å²) in [6.45, 7) is 6.67. The second-order valence-corrected chi connectivity index (χ2v) is 7.64. The topological polar surface area (TPSA) is 52.6 Å². The monoisotopic (exact) mass is 300 g/mol. The van der Waals surface area contributed by atoms with Crippen LogP contribution < -0.4 is 5.32 Å². The lowest BCUT2D eigenvalue weighted by Crippen LogP contribution is -2.54. The van der Waals surface area contributed by atoms with Crippen LogP contribution in [0.5, 0.6) is 0 Å². The maximum atomic E-state index is 12.5. The molecular weight excluding hydrogens is 272 g/mol. The van der Waals surface area contributed by atoms with Crippen LogP contribution in [-0.2, 0) is 4.79 Å². The zero-order valence-corrected chi connectivity index (χ0v) is 13.5. The Morgan fingerprint density at radius 1 is 1.35 bits per heavy atom. The maximum Gasteiger partial charge on any atom is 0.237 e. The highest BCUT2D eigenvalue weighted by molar-refractivity contribution is 7.99. The smallest absolute Gasteiger partial charge is 0.237 e. The average Bonchev–Trinajstić information content (AvgIpc) is 2.85. The second kappa shape index (κ2) is 7.14. The van der Waals surface area contributed by atoms with E-state index in [2.05, 4.69) is 24.1 Å². The van der Waals surface area contributed by atoms with Crippen LogP contribution in [-0.4, -0.2) is 58.7 Å². The minimum Gasteiger partial charge on any atom is -0.387 e. The Labute approximate surface area is 126 Å². The van der Waals surface area contributed by atoms with Crippen molar-refractivity contribution in [3.8, 4) is 0 Å². The molecular formula is C15H28N2O2S. The number of thioether (sulfide) groups is 1. The van der Waals surface area contributed by atoms with Crippen LogP contribution in [0.25, 0.3) is 0 Å². The SMILES string of the molecule is CC(C)[C@@H](C(=O)NC[C@]1(O)CCSC1)N1CCCCC1. The largest absolute Gasteiger partial charge is 0.387 e. The van der Waals surface area contributed by atoms with Crippen LogP contribution in [0.1, 0.15) is 39.5 Å². The minimum absolute atomic E-state index is 0.0482. The normalized spacial score (nSPS) is 29.6. The molecule has 2 fully saturated rings. The van der Waals surface area contributed by atoms with Gasteiger partial charge >= 0.3 is 0 Å². The molecule has 20 heavy (non-hydrogen) atoms. The van der Waals surface area contributed by atoms with E-state index in [1.54, 1.807) is 11.8 Å². The highest BCUT2D eigenvalue weighted by Gasteiger charge is 2.35. The molecule has 5 heteroatoms. The highest BCUT2D eigenvalue weighted by atomic mass is 32.2. The summed E-state index contributed by atoms with van der Waals surface area (Å²) in [5.74, 6) is 2.13. The van der Waals surface area contributed by atoms with Gasteiger partial charge < -0.3 is 10.4 Å². The van der Waals surface area contributed by atoms with Gasteiger partial charge in [0.05, 0.1) is 11.6 Å². The Balaban J connectivity index is 1.89. The third-order valence-electron chi connectivity index (χ3n) is 4.36. The molecule has 2 aliphatic rings. The first-order valence-corrected chi connectivity index (χ1v) is 8.99. The molecule has 0 unspecified atom stereocenters. The third kappa shape index (κ3) is 4.12. The van der Waals surface area contributed by atoms with Crippen molar-refractivity contribution in [1.82, 2.24) is 10.2 Å². The number of rotatable bonds is 5. The fourth-order valence-electron chi connectivity index (χ4n) is 3.18. The molecule has 0 radical (unpaired) electrons. The van der Waals surface area contributed by atoms with Crippen LogP contribution in [0.2, 0.25) is 0 Å². The van der Waals surface area contributed by atoms with Crippen molar-refractivity contribution in [2.75, 3.05) is 31.1 Å². The third-order valence-corrected chi connectivity index (χ3v) is 5.59. The summed E-state index contributed by atoms with van der Waals surface area (Å²) in [7, 11) is 0. The van der Waals surface area contributed by atoms with Crippen molar-refractivity contribution in [1.29, 1.82) is 0 Å². The number of likely N-dealkylation sites (tertiary alicyclic amines) is 1. The molecule has 0 saturated carbocycles. The number of carbonyl (C=O) groups is 1. The summed E-state index contributed by atoms with van der Waals surface area (Å²) in [5, 5.41) is 13.3. The highest BCUT2D eigenvalue weighted by Crippen LogP contribution is 2.27. The molecule has 2 heterocycles. The van der Waals surface area contributed by atoms with Crippen LogP contribution in [0.3, 0.4) is 0 Å². The van der Waals surface area contributed by atoms with E-state index in [9.17, 15) is 9.90 Å². The number of piperidine rings is 1. The van der Waals surface area contributed by atoms with Gasteiger partial charge in [-0.2, -0.15) is 11.8 Å². The Kier molecular flexibility index (Phi) is 5.75. The summed E-state index contributed by atoms with van der Waals surface area (Å²) in [4.78, 5) is 14.8. The quantitative estimate of drug-likeness (QED) is 0.807. The molecule has 116 valence electrons. The van der Waals surface area contributed by atoms with E-state index in [-0.39, 0.29) is 11.9 Å². The molecule has 4 nitrogen and oxygen atoms in total.